The Morgan fingerprint density at radius 1 is 1.11 bits per heavy atom. The summed E-state index contributed by atoms with van der Waals surface area (Å²) in [6.45, 7) is -0.333. The van der Waals surface area contributed by atoms with Crippen molar-refractivity contribution < 1.29 is 18.0 Å². The minimum Gasteiger partial charge on any atom is -0.324 e. The summed E-state index contributed by atoms with van der Waals surface area (Å²) in [6, 6.07) is 13.0. The third-order valence-corrected chi connectivity index (χ3v) is 3.38. The zero-order valence-corrected chi connectivity index (χ0v) is 13.9. The molecule has 0 spiro atoms. The molecule has 27 heavy (non-hydrogen) atoms. The molecule has 0 aliphatic rings. The van der Waals surface area contributed by atoms with Gasteiger partial charge in [0.25, 0.3) is 0 Å². The van der Waals surface area contributed by atoms with Crippen molar-refractivity contribution in [2.24, 2.45) is 0 Å². The van der Waals surface area contributed by atoms with E-state index in [2.05, 4.69) is 27.2 Å². The van der Waals surface area contributed by atoms with Gasteiger partial charge in [-0.3, -0.25) is 9.48 Å². The minimum absolute atomic E-state index is 0.333. The second kappa shape index (κ2) is 7.74. The maximum Gasteiger partial charge on any atom is 0.435 e. The quantitative estimate of drug-likeness (QED) is 0.720. The van der Waals surface area contributed by atoms with Crippen LogP contribution in [0, 0.1) is 11.8 Å². The lowest BCUT2D eigenvalue weighted by Gasteiger charge is -2.06. The highest BCUT2D eigenvalue weighted by molar-refractivity contribution is 5.90. The van der Waals surface area contributed by atoms with Crippen LogP contribution in [-0.2, 0) is 17.5 Å². The number of halogens is 3. The van der Waals surface area contributed by atoms with Gasteiger partial charge in [-0.2, -0.15) is 18.3 Å². The first-order valence-electron chi connectivity index (χ1n) is 7.84. The Morgan fingerprint density at radius 3 is 2.67 bits per heavy atom. The summed E-state index contributed by atoms with van der Waals surface area (Å²) in [4.78, 5) is 16.1. The molecule has 2 heterocycles. The van der Waals surface area contributed by atoms with Crippen LogP contribution in [0.15, 0.2) is 60.9 Å². The van der Waals surface area contributed by atoms with Crippen molar-refractivity contribution in [3.05, 3.63) is 77.9 Å². The number of aromatic nitrogens is 3. The van der Waals surface area contributed by atoms with Crippen LogP contribution in [0.1, 0.15) is 17.0 Å². The fraction of sp³-hybridized carbons (Fsp3) is 0.105. The summed E-state index contributed by atoms with van der Waals surface area (Å²) in [5, 5.41) is 5.96. The highest BCUT2D eigenvalue weighted by atomic mass is 19.4. The van der Waals surface area contributed by atoms with E-state index in [0.717, 1.165) is 16.9 Å². The molecule has 1 amide bonds. The first-order chi connectivity index (χ1) is 12.9. The molecule has 5 nitrogen and oxygen atoms in total. The van der Waals surface area contributed by atoms with Gasteiger partial charge in [0.1, 0.15) is 12.2 Å². The van der Waals surface area contributed by atoms with Crippen LogP contribution in [-0.4, -0.2) is 20.7 Å². The average Bonchev–Trinajstić information content (AvgIpc) is 3.10. The van der Waals surface area contributed by atoms with E-state index in [1.54, 1.807) is 42.6 Å². The molecule has 0 unspecified atom stereocenters. The molecule has 8 heteroatoms. The van der Waals surface area contributed by atoms with Gasteiger partial charge >= 0.3 is 6.18 Å². The van der Waals surface area contributed by atoms with Gasteiger partial charge < -0.3 is 5.32 Å². The first kappa shape index (κ1) is 18.2. The van der Waals surface area contributed by atoms with Crippen LogP contribution in [0.3, 0.4) is 0 Å². The number of nitrogens with zero attached hydrogens (tertiary/aromatic N) is 3. The highest BCUT2D eigenvalue weighted by Gasteiger charge is 2.33. The summed E-state index contributed by atoms with van der Waals surface area (Å²) < 4.78 is 38.5. The van der Waals surface area contributed by atoms with Gasteiger partial charge in [-0.15, -0.1) is 0 Å². The lowest BCUT2D eigenvalue weighted by Crippen LogP contribution is -2.19. The van der Waals surface area contributed by atoms with Crippen molar-refractivity contribution in [1.29, 1.82) is 0 Å². The van der Waals surface area contributed by atoms with Gasteiger partial charge in [-0.25, -0.2) is 4.98 Å². The fourth-order valence-electron chi connectivity index (χ4n) is 2.20. The normalized spacial score (nSPS) is 10.8. The van der Waals surface area contributed by atoms with E-state index >= 15 is 0 Å². The van der Waals surface area contributed by atoms with Crippen molar-refractivity contribution in [2.75, 3.05) is 5.32 Å². The lowest BCUT2D eigenvalue weighted by molar-refractivity contribution is -0.141. The second-order valence-corrected chi connectivity index (χ2v) is 5.49. The SMILES string of the molecule is O=C(Cn1ccc(C(F)(F)F)n1)Nc1cccc(C#Cc2ccccn2)c1. The number of pyridine rings is 1. The van der Waals surface area contributed by atoms with Crippen LogP contribution in [0.2, 0.25) is 0 Å². The van der Waals surface area contributed by atoms with Crippen molar-refractivity contribution in [2.45, 2.75) is 12.7 Å². The molecule has 1 N–H and O–H groups in total. The zero-order chi connectivity index (χ0) is 19.3. The molecule has 0 aliphatic heterocycles. The number of anilines is 1. The third kappa shape index (κ3) is 5.19. The van der Waals surface area contributed by atoms with E-state index in [-0.39, 0.29) is 6.54 Å². The Bertz CT molecular complexity index is 1000. The Hall–Kier alpha value is -3.60. The highest BCUT2D eigenvalue weighted by Crippen LogP contribution is 2.27. The van der Waals surface area contributed by atoms with Crippen LogP contribution in [0.5, 0.6) is 0 Å². The maximum atomic E-state index is 12.5. The van der Waals surface area contributed by atoms with Gasteiger partial charge in [0.2, 0.25) is 5.91 Å². The number of nitrogens with one attached hydrogen (secondary N) is 1. The molecule has 0 fully saturated rings. The van der Waals surface area contributed by atoms with E-state index in [9.17, 15) is 18.0 Å². The van der Waals surface area contributed by atoms with Crippen LogP contribution >= 0.6 is 0 Å². The van der Waals surface area contributed by atoms with Crippen LogP contribution in [0.4, 0.5) is 18.9 Å². The molecular weight excluding hydrogens is 357 g/mol. The number of amides is 1. The van der Waals surface area contributed by atoms with Crippen molar-refractivity contribution in [1.82, 2.24) is 14.8 Å². The van der Waals surface area contributed by atoms with E-state index in [0.29, 0.717) is 16.9 Å². The van der Waals surface area contributed by atoms with Crippen LogP contribution < -0.4 is 5.32 Å². The third-order valence-electron chi connectivity index (χ3n) is 3.38. The summed E-state index contributed by atoms with van der Waals surface area (Å²) in [6.07, 6.45) is -1.79. The maximum absolute atomic E-state index is 12.5. The summed E-state index contributed by atoms with van der Waals surface area (Å²) in [7, 11) is 0. The standard InChI is InChI=1S/C19H13F3N4O/c20-19(21,22)17-9-11-26(25-17)13-18(27)24-16-6-3-4-14(12-16)7-8-15-5-1-2-10-23-15/h1-6,9-12H,13H2,(H,24,27). The lowest BCUT2D eigenvalue weighted by atomic mass is 10.2. The molecule has 3 aromatic rings. The zero-order valence-electron chi connectivity index (χ0n) is 13.9. The summed E-state index contributed by atoms with van der Waals surface area (Å²) in [5.74, 6) is 5.34. The molecule has 136 valence electrons. The average molecular weight is 370 g/mol. The largest absolute Gasteiger partial charge is 0.435 e. The first-order valence-corrected chi connectivity index (χ1v) is 7.84. The number of carbonyl (C=O) groups excluding carboxylic acids is 1. The molecule has 1 aromatic carbocycles. The Morgan fingerprint density at radius 2 is 1.96 bits per heavy atom. The number of hydrogen-bond acceptors (Lipinski definition) is 3. The Kier molecular flexibility index (Phi) is 5.22. The molecular formula is C19H13F3N4O. The minimum atomic E-state index is -4.54. The molecule has 0 radical (unpaired) electrons. The number of rotatable bonds is 3. The monoisotopic (exact) mass is 370 g/mol. The van der Waals surface area contributed by atoms with E-state index in [1.165, 1.54) is 0 Å². The molecule has 0 saturated heterocycles. The van der Waals surface area contributed by atoms with E-state index in [4.69, 9.17) is 0 Å². The second-order valence-electron chi connectivity index (χ2n) is 5.49. The van der Waals surface area contributed by atoms with Gasteiger partial charge in [-0.1, -0.05) is 18.1 Å². The molecule has 0 saturated carbocycles. The molecule has 0 bridgehead atoms. The van der Waals surface area contributed by atoms with Crippen LogP contribution in [0.25, 0.3) is 0 Å². The predicted octanol–water partition coefficient (Wildman–Crippen LogP) is 3.34. The topological polar surface area (TPSA) is 59.8 Å². The molecule has 0 aliphatic carbocycles. The van der Waals surface area contributed by atoms with Gasteiger partial charge in [0, 0.05) is 23.6 Å². The van der Waals surface area contributed by atoms with E-state index < -0.39 is 17.8 Å². The smallest absolute Gasteiger partial charge is 0.324 e. The van der Waals surface area contributed by atoms with Gasteiger partial charge in [0.05, 0.1) is 0 Å². The summed E-state index contributed by atoms with van der Waals surface area (Å²) in [5.41, 5.74) is 0.723. The van der Waals surface area contributed by atoms with Gasteiger partial charge in [-0.05, 0) is 42.3 Å². The number of alkyl halides is 3. The van der Waals surface area contributed by atoms with Crippen molar-refractivity contribution >= 4 is 11.6 Å². The predicted molar refractivity (Wildman–Crippen MR) is 92.5 cm³/mol. The van der Waals surface area contributed by atoms with E-state index in [1.807, 2.05) is 6.07 Å². The number of benzene rings is 1. The molecule has 0 atom stereocenters. The molecule has 3 rings (SSSR count). The van der Waals surface area contributed by atoms with Crippen molar-refractivity contribution in [3.8, 4) is 11.8 Å². The fourth-order valence-corrected chi connectivity index (χ4v) is 2.20. The Balaban J connectivity index is 1.65. The molecule has 2 aromatic heterocycles. The van der Waals surface area contributed by atoms with Gasteiger partial charge in [0.15, 0.2) is 5.69 Å². The summed E-state index contributed by atoms with van der Waals surface area (Å²) >= 11 is 0. The number of hydrogen-bond donors (Lipinski definition) is 1. The number of carbonyl (C=O) groups is 1. The van der Waals surface area contributed by atoms with Crippen molar-refractivity contribution in [3.63, 3.8) is 0 Å². The Labute approximate surface area is 152 Å².